The molecule has 0 aliphatic rings. The van der Waals surface area contributed by atoms with Crippen LogP contribution < -0.4 is 5.73 Å². The summed E-state index contributed by atoms with van der Waals surface area (Å²) in [5.41, 5.74) is 5.94. The molecule has 2 aromatic carbocycles. The molecule has 0 heterocycles. The van der Waals surface area contributed by atoms with Gasteiger partial charge in [0.15, 0.2) is 9.84 Å². The van der Waals surface area contributed by atoms with Gasteiger partial charge in [-0.05, 0) is 58.7 Å². The van der Waals surface area contributed by atoms with E-state index in [0.717, 1.165) is 6.07 Å². The molecule has 0 fully saturated rings. The van der Waals surface area contributed by atoms with E-state index < -0.39 is 32.8 Å². The summed E-state index contributed by atoms with van der Waals surface area (Å²) in [7, 11) is -3.88. The van der Waals surface area contributed by atoms with Gasteiger partial charge in [0.05, 0.1) is 15.1 Å². The van der Waals surface area contributed by atoms with Crippen molar-refractivity contribution in [3.05, 3.63) is 57.6 Å². The normalized spacial score (nSPS) is 11.6. The first-order valence-corrected chi connectivity index (χ1v) is 8.38. The Morgan fingerprint density at radius 3 is 2.48 bits per heavy atom. The van der Waals surface area contributed by atoms with Crippen LogP contribution in [0.4, 0.5) is 14.5 Å². The summed E-state index contributed by atoms with van der Waals surface area (Å²) >= 11 is 2.91. The molecule has 0 saturated carbocycles. The maximum Gasteiger partial charge on any atom is 0.182 e. The van der Waals surface area contributed by atoms with Gasteiger partial charge in [-0.15, -0.1) is 0 Å². The van der Waals surface area contributed by atoms with Crippen molar-refractivity contribution < 1.29 is 17.2 Å². The van der Waals surface area contributed by atoms with Crippen LogP contribution in [0.1, 0.15) is 11.1 Å². The number of halogens is 3. The van der Waals surface area contributed by atoms with Gasteiger partial charge in [0.1, 0.15) is 11.6 Å². The lowest BCUT2D eigenvalue weighted by atomic mass is 10.2. The fraction of sp³-hybridized carbons (Fsp3) is 0.143. The van der Waals surface area contributed by atoms with Crippen LogP contribution in [0.5, 0.6) is 0 Å². The maximum atomic E-state index is 13.9. The third-order valence-corrected chi connectivity index (χ3v) is 5.42. The largest absolute Gasteiger partial charge is 0.399 e. The van der Waals surface area contributed by atoms with Crippen LogP contribution in [-0.4, -0.2) is 8.42 Å². The molecule has 0 aliphatic heterocycles. The van der Waals surface area contributed by atoms with Crippen LogP contribution in [0, 0.1) is 18.6 Å². The van der Waals surface area contributed by atoms with E-state index in [0.29, 0.717) is 11.3 Å². The number of rotatable bonds is 3. The molecule has 21 heavy (non-hydrogen) atoms. The fourth-order valence-corrected chi connectivity index (χ4v) is 3.99. The Bertz CT molecular complexity index is 807. The highest BCUT2D eigenvalue weighted by molar-refractivity contribution is 9.10. The van der Waals surface area contributed by atoms with Gasteiger partial charge in [-0.25, -0.2) is 17.2 Å². The second kappa shape index (κ2) is 5.73. The Balaban J connectivity index is 2.50. The monoisotopic (exact) mass is 375 g/mol. The average molecular weight is 376 g/mol. The zero-order valence-corrected chi connectivity index (χ0v) is 13.4. The highest BCUT2D eigenvalue weighted by atomic mass is 79.9. The molecule has 0 aromatic heterocycles. The van der Waals surface area contributed by atoms with E-state index in [1.807, 2.05) is 0 Å². The molecule has 2 rings (SSSR count). The second-order valence-electron chi connectivity index (χ2n) is 4.61. The number of benzene rings is 2. The summed E-state index contributed by atoms with van der Waals surface area (Å²) in [5.74, 6) is -2.56. The standard InChI is InChI=1S/C14H12BrF2NO2S/c1-8-6-9(18)2-5-13(8)21(19,20)7-10-12(16)4-3-11(15)14(10)17/h2-6H,7,18H2,1H3. The maximum absolute atomic E-state index is 13.9. The van der Waals surface area contributed by atoms with E-state index in [9.17, 15) is 17.2 Å². The van der Waals surface area contributed by atoms with Crippen molar-refractivity contribution in [1.29, 1.82) is 0 Å². The molecule has 0 bridgehead atoms. The summed E-state index contributed by atoms with van der Waals surface area (Å²) in [6.07, 6.45) is 0. The first-order valence-electron chi connectivity index (χ1n) is 5.93. The van der Waals surface area contributed by atoms with Gasteiger partial charge < -0.3 is 5.73 Å². The van der Waals surface area contributed by atoms with Crippen LogP contribution in [-0.2, 0) is 15.6 Å². The van der Waals surface area contributed by atoms with Crippen molar-refractivity contribution in [3.8, 4) is 0 Å². The molecular formula is C14H12BrF2NO2S. The number of aryl methyl sites for hydroxylation is 1. The van der Waals surface area contributed by atoms with Crippen LogP contribution in [0.3, 0.4) is 0 Å². The van der Waals surface area contributed by atoms with Gasteiger partial charge in [-0.2, -0.15) is 0 Å². The molecule has 2 aromatic rings. The van der Waals surface area contributed by atoms with Gasteiger partial charge >= 0.3 is 0 Å². The minimum absolute atomic E-state index is 0.00970. The third-order valence-electron chi connectivity index (χ3n) is 3.01. The quantitative estimate of drug-likeness (QED) is 0.658. The smallest absolute Gasteiger partial charge is 0.182 e. The molecular weight excluding hydrogens is 364 g/mol. The summed E-state index contributed by atoms with van der Waals surface area (Å²) in [6, 6.07) is 6.49. The lowest BCUT2D eigenvalue weighted by Crippen LogP contribution is -2.10. The third kappa shape index (κ3) is 3.24. The molecule has 0 amide bonds. The van der Waals surface area contributed by atoms with Crippen LogP contribution >= 0.6 is 15.9 Å². The molecule has 0 spiro atoms. The molecule has 2 N–H and O–H groups in total. The molecule has 0 saturated heterocycles. The molecule has 3 nitrogen and oxygen atoms in total. The number of hydrogen-bond donors (Lipinski definition) is 1. The second-order valence-corrected chi connectivity index (χ2v) is 7.42. The van der Waals surface area contributed by atoms with Crippen LogP contribution in [0.2, 0.25) is 0 Å². The Labute approximate surface area is 129 Å². The average Bonchev–Trinajstić information content (AvgIpc) is 2.39. The van der Waals surface area contributed by atoms with Crippen LogP contribution in [0.15, 0.2) is 39.7 Å². The van der Waals surface area contributed by atoms with Crippen molar-refractivity contribution in [2.24, 2.45) is 0 Å². The van der Waals surface area contributed by atoms with Crippen molar-refractivity contribution in [1.82, 2.24) is 0 Å². The van der Waals surface area contributed by atoms with E-state index in [2.05, 4.69) is 15.9 Å². The summed E-state index contributed by atoms with van der Waals surface area (Å²) < 4.78 is 52.3. The SMILES string of the molecule is Cc1cc(N)ccc1S(=O)(=O)Cc1c(F)ccc(Br)c1F. The van der Waals surface area contributed by atoms with E-state index in [4.69, 9.17) is 5.73 Å². The number of anilines is 1. The molecule has 0 aliphatic carbocycles. The summed E-state index contributed by atoms with van der Waals surface area (Å²) in [4.78, 5) is 0.00970. The molecule has 0 atom stereocenters. The van der Waals surface area contributed by atoms with E-state index >= 15 is 0 Å². The molecule has 0 radical (unpaired) electrons. The van der Waals surface area contributed by atoms with Gasteiger partial charge in [-0.1, -0.05) is 0 Å². The Kier molecular flexibility index (Phi) is 4.34. The molecule has 112 valence electrons. The molecule has 7 heteroatoms. The van der Waals surface area contributed by atoms with Crippen molar-refractivity contribution in [2.45, 2.75) is 17.6 Å². The number of hydrogen-bond acceptors (Lipinski definition) is 3. The van der Waals surface area contributed by atoms with Gasteiger partial charge in [-0.3, -0.25) is 0 Å². The van der Waals surface area contributed by atoms with E-state index in [1.54, 1.807) is 6.92 Å². The Morgan fingerprint density at radius 2 is 1.86 bits per heavy atom. The number of sulfone groups is 1. The fourth-order valence-electron chi connectivity index (χ4n) is 1.99. The lowest BCUT2D eigenvalue weighted by molar-refractivity contribution is 0.552. The predicted molar refractivity (Wildman–Crippen MR) is 80.5 cm³/mol. The van der Waals surface area contributed by atoms with Gasteiger partial charge in [0.25, 0.3) is 0 Å². The zero-order chi connectivity index (χ0) is 15.8. The topological polar surface area (TPSA) is 60.2 Å². The predicted octanol–water partition coefficient (Wildman–Crippen LogP) is 3.59. The first kappa shape index (κ1) is 15.9. The van der Waals surface area contributed by atoms with E-state index in [-0.39, 0.29) is 9.37 Å². The minimum atomic E-state index is -3.88. The zero-order valence-electron chi connectivity index (χ0n) is 11.0. The highest BCUT2D eigenvalue weighted by Crippen LogP contribution is 2.27. The van der Waals surface area contributed by atoms with Crippen molar-refractivity contribution in [2.75, 3.05) is 5.73 Å². The summed E-state index contributed by atoms with van der Waals surface area (Å²) in [6.45, 7) is 1.58. The van der Waals surface area contributed by atoms with Gasteiger partial charge in [0, 0.05) is 11.3 Å². The minimum Gasteiger partial charge on any atom is -0.399 e. The lowest BCUT2D eigenvalue weighted by Gasteiger charge is -2.10. The van der Waals surface area contributed by atoms with Crippen molar-refractivity contribution >= 4 is 31.5 Å². The summed E-state index contributed by atoms with van der Waals surface area (Å²) in [5, 5.41) is 0. The van der Waals surface area contributed by atoms with E-state index in [1.165, 1.54) is 24.3 Å². The Hall–Kier alpha value is -1.47. The number of nitrogens with two attached hydrogens (primary N) is 1. The highest BCUT2D eigenvalue weighted by Gasteiger charge is 2.23. The number of nitrogen functional groups attached to an aromatic ring is 1. The van der Waals surface area contributed by atoms with Gasteiger partial charge in [0.2, 0.25) is 0 Å². The molecule has 0 unspecified atom stereocenters. The van der Waals surface area contributed by atoms with Crippen LogP contribution in [0.25, 0.3) is 0 Å². The van der Waals surface area contributed by atoms with Crippen molar-refractivity contribution in [3.63, 3.8) is 0 Å². The first-order chi connectivity index (χ1) is 9.72. The Morgan fingerprint density at radius 1 is 1.19 bits per heavy atom.